The van der Waals surface area contributed by atoms with Crippen LogP contribution in [-0.2, 0) is 11.2 Å². The van der Waals surface area contributed by atoms with Crippen molar-refractivity contribution in [2.45, 2.75) is 33.2 Å². The number of rotatable bonds is 5. The molecule has 0 unspecified atom stereocenters. The highest BCUT2D eigenvalue weighted by atomic mass is 16.1. The van der Waals surface area contributed by atoms with E-state index in [0.717, 1.165) is 39.4 Å². The zero-order valence-electron chi connectivity index (χ0n) is 16.2. The van der Waals surface area contributed by atoms with Gasteiger partial charge in [-0.2, -0.15) is 5.10 Å². The van der Waals surface area contributed by atoms with E-state index in [2.05, 4.69) is 20.4 Å². The molecule has 0 aliphatic heterocycles. The molecule has 0 saturated carbocycles. The van der Waals surface area contributed by atoms with E-state index in [4.69, 9.17) is 0 Å². The number of nitrogens with one attached hydrogen (secondary N) is 2. The minimum absolute atomic E-state index is 0.0186. The molecule has 2 aromatic carbocycles. The molecule has 6 nitrogen and oxygen atoms in total. The van der Waals surface area contributed by atoms with Crippen LogP contribution >= 0.6 is 0 Å². The molecule has 4 rings (SSSR count). The quantitative estimate of drug-likeness (QED) is 0.559. The van der Waals surface area contributed by atoms with Crippen LogP contribution in [0.3, 0.4) is 0 Å². The van der Waals surface area contributed by atoms with E-state index >= 15 is 0 Å². The maximum absolute atomic E-state index is 12.6. The second kappa shape index (κ2) is 7.31. The largest absolute Gasteiger partial charge is 0.349 e. The van der Waals surface area contributed by atoms with Crippen molar-refractivity contribution in [2.24, 2.45) is 0 Å². The summed E-state index contributed by atoms with van der Waals surface area (Å²) in [5.74, 6) is 0.853. The Morgan fingerprint density at radius 2 is 1.96 bits per heavy atom. The first-order chi connectivity index (χ1) is 13.5. The van der Waals surface area contributed by atoms with Crippen molar-refractivity contribution in [3.05, 3.63) is 77.4 Å². The molecule has 0 spiro atoms. The zero-order chi connectivity index (χ0) is 19.7. The van der Waals surface area contributed by atoms with Gasteiger partial charge in [0.15, 0.2) is 0 Å². The number of hydrogen-bond acceptors (Lipinski definition) is 3. The van der Waals surface area contributed by atoms with Crippen LogP contribution in [0.15, 0.2) is 54.7 Å². The Hall–Kier alpha value is -3.41. The van der Waals surface area contributed by atoms with Gasteiger partial charge < -0.3 is 10.3 Å². The molecule has 4 aromatic rings. The molecule has 2 aromatic heterocycles. The fourth-order valence-corrected chi connectivity index (χ4v) is 3.53. The molecule has 2 heterocycles. The third-order valence-electron chi connectivity index (χ3n) is 4.92. The number of carbonyl (C=O) groups is 1. The van der Waals surface area contributed by atoms with E-state index in [1.165, 1.54) is 0 Å². The maximum Gasteiger partial charge on any atom is 0.224 e. The van der Waals surface area contributed by atoms with E-state index < -0.39 is 0 Å². The Morgan fingerprint density at radius 1 is 1.18 bits per heavy atom. The standard InChI is InChI=1S/C22H23N5O/c1-14(19-13-23-27(15(19)2)18-7-5-4-6-8-18)24-22(28)12-17-9-10-20-21(11-17)26-16(3)25-20/h4-11,13-14H,12H2,1-3H3,(H,24,28)(H,25,26)/t14-/m0/s1. The summed E-state index contributed by atoms with van der Waals surface area (Å²) >= 11 is 0. The predicted molar refractivity (Wildman–Crippen MR) is 109 cm³/mol. The zero-order valence-corrected chi connectivity index (χ0v) is 16.2. The van der Waals surface area contributed by atoms with Gasteiger partial charge in [0.1, 0.15) is 5.82 Å². The molecular formula is C22H23N5O. The molecule has 6 heteroatoms. The number of benzene rings is 2. The number of hydrogen-bond donors (Lipinski definition) is 2. The first-order valence-electron chi connectivity index (χ1n) is 9.36. The molecule has 0 saturated heterocycles. The lowest BCUT2D eigenvalue weighted by atomic mass is 10.1. The number of amides is 1. The summed E-state index contributed by atoms with van der Waals surface area (Å²) in [7, 11) is 0. The number of aromatic nitrogens is 4. The Kier molecular flexibility index (Phi) is 4.69. The fraction of sp³-hybridized carbons (Fsp3) is 0.227. The number of H-pyrrole nitrogens is 1. The van der Waals surface area contributed by atoms with E-state index in [0.29, 0.717) is 6.42 Å². The molecule has 0 fully saturated rings. The highest BCUT2D eigenvalue weighted by Gasteiger charge is 2.16. The minimum atomic E-state index is -0.122. The van der Waals surface area contributed by atoms with Crippen molar-refractivity contribution >= 4 is 16.9 Å². The average molecular weight is 373 g/mol. The Labute approximate surface area is 163 Å². The lowest BCUT2D eigenvalue weighted by molar-refractivity contribution is -0.121. The van der Waals surface area contributed by atoms with Crippen LogP contribution in [0.4, 0.5) is 0 Å². The SMILES string of the molecule is Cc1nc2ccc(CC(=O)N[C@@H](C)c3cnn(-c4ccccc4)c3C)cc2[nH]1. The maximum atomic E-state index is 12.6. The van der Waals surface area contributed by atoms with Crippen molar-refractivity contribution in [2.75, 3.05) is 0 Å². The van der Waals surface area contributed by atoms with E-state index in [1.807, 2.05) is 80.2 Å². The molecule has 1 amide bonds. The average Bonchev–Trinajstić information content (AvgIpc) is 3.23. The molecule has 28 heavy (non-hydrogen) atoms. The summed E-state index contributed by atoms with van der Waals surface area (Å²) in [6.45, 7) is 5.93. The molecule has 0 radical (unpaired) electrons. The summed E-state index contributed by atoms with van der Waals surface area (Å²) in [6.07, 6.45) is 2.15. The van der Waals surface area contributed by atoms with E-state index in [1.54, 1.807) is 0 Å². The topological polar surface area (TPSA) is 75.6 Å². The van der Waals surface area contributed by atoms with Crippen LogP contribution in [-0.4, -0.2) is 25.7 Å². The molecule has 142 valence electrons. The van der Waals surface area contributed by atoms with Crippen LogP contribution in [0.1, 0.15) is 35.6 Å². The number of para-hydroxylation sites is 1. The third kappa shape index (κ3) is 3.53. The molecular weight excluding hydrogens is 350 g/mol. The number of fused-ring (bicyclic) bond motifs is 1. The third-order valence-corrected chi connectivity index (χ3v) is 4.92. The van der Waals surface area contributed by atoms with Gasteiger partial charge in [-0.25, -0.2) is 9.67 Å². The smallest absolute Gasteiger partial charge is 0.224 e. The Morgan fingerprint density at radius 3 is 2.75 bits per heavy atom. The van der Waals surface area contributed by atoms with Crippen molar-refractivity contribution < 1.29 is 4.79 Å². The molecule has 0 aliphatic rings. The van der Waals surface area contributed by atoms with Crippen molar-refractivity contribution in [3.8, 4) is 5.69 Å². The summed E-state index contributed by atoms with van der Waals surface area (Å²) in [5, 5.41) is 7.57. The number of nitrogens with zero attached hydrogens (tertiary/aromatic N) is 3. The van der Waals surface area contributed by atoms with Crippen molar-refractivity contribution in [3.63, 3.8) is 0 Å². The lowest BCUT2D eigenvalue weighted by Crippen LogP contribution is -2.28. The summed E-state index contributed by atoms with van der Waals surface area (Å²) in [6, 6.07) is 15.7. The van der Waals surface area contributed by atoms with Crippen LogP contribution in [0.2, 0.25) is 0 Å². The fourth-order valence-electron chi connectivity index (χ4n) is 3.53. The number of aromatic amines is 1. The lowest BCUT2D eigenvalue weighted by Gasteiger charge is -2.14. The second-order valence-electron chi connectivity index (χ2n) is 7.07. The highest BCUT2D eigenvalue weighted by molar-refractivity contribution is 5.82. The first-order valence-corrected chi connectivity index (χ1v) is 9.36. The first kappa shape index (κ1) is 18.0. The van der Waals surface area contributed by atoms with E-state index in [9.17, 15) is 4.79 Å². The van der Waals surface area contributed by atoms with Crippen LogP contribution in [0.25, 0.3) is 16.7 Å². The van der Waals surface area contributed by atoms with Crippen LogP contribution in [0, 0.1) is 13.8 Å². The van der Waals surface area contributed by atoms with Crippen LogP contribution in [0.5, 0.6) is 0 Å². The normalized spacial score (nSPS) is 12.2. The molecule has 0 aliphatic carbocycles. The number of imidazole rings is 1. The highest BCUT2D eigenvalue weighted by Crippen LogP contribution is 2.20. The van der Waals surface area contributed by atoms with Crippen LogP contribution < -0.4 is 5.32 Å². The molecule has 1 atom stereocenters. The van der Waals surface area contributed by atoms with Gasteiger partial charge >= 0.3 is 0 Å². The predicted octanol–water partition coefficient (Wildman–Crippen LogP) is 3.79. The van der Waals surface area contributed by atoms with Gasteiger partial charge in [0.05, 0.1) is 35.4 Å². The van der Waals surface area contributed by atoms with Gasteiger partial charge in [0.2, 0.25) is 5.91 Å². The summed E-state index contributed by atoms with van der Waals surface area (Å²) < 4.78 is 1.90. The van der Waals surface area contributed by atoms with Gasteiger partial charge in [0.25, 0.3) is 0 Å². The van der Waals surface area contributed by atoms with Gasteiger partial charge in [-0.05, 0) is 50.6 Å². The number of aryl methyl sites for hydroxylation is 1. The van der Waals surface area contributed by atoms with Gasteiger partial charge in [-0.15, -0.1) is 0 Å². The Bertz CT molecular complexity index is 1130. The van der Waals surface area contributed by atoms with E-state index in [-0.39, 0.29) is 11.9 Å². The summed E-state index contributed by atoms with van der Waals surface area (Å²) in [4.78, 5) is 20.2. The number of carbonyl (C=O) groups excluding carboxylic acids is 1. The second-order valence-corrected chi connectivity index (χ2v) is 7.07. The van der Waals surface area contributed by atoms with Gasteiger partial charge in [0, 0.05) is 11.3 Å². The minimum Gasteiger partial charge on any atom is -0.349 e. The van der Waals surface area contributed by atoms with Gasteiger partial charge in [-0.3, -0.25) is 4.79 Å². The van der Waals surface area contributed by atoms with Crippen molar-refractivity contribution in [1.29, 1.82) is 0 Å². The molecule has 0 bridgehead atoms. The van der Waals surface area contributed by atoms with Crippen molar-refractivity contribution in [1.82, 2.24) is 25.1 Å². The Balaban J connectivity index is 1.46. The monoisotopic (exact) mass is 373 g/mol. The molecule has 2 N–H and O–H groups in total. The summed E-state index contributed by atoms with van der Waals surface area (Å²) in [5.41, 5.74) is 5.87. The van der Waals surface area contributed by atoms with Gasteiger partial charge in [-0.1, -0.05) is 24.3 Å².